The van der Waals surface area contributed by atoms with Gasteiger partial charge in [0, 0.05) is 24.0 Å². The van der Waals surface area contributed by atoms with Crippen molar-refractivity contribution in [1.82, 2.24) is 0 Å². The van der Waals surface area contributed by atoms with Crippen molar-refractivity contribution >= 4 is 11.9 Å². The highest BCUT2D eigenvalue weighted by Crippen LogP contribution is 2.72. The number of ether oxygens (including phenoxy) is 5. The molecule has 0 aromatic rings. The van der Waals surface area contributed by atoms with Gasteiger partial charge in [-0.15, -0.1) is 0 Å². The van der Waals surface area contributed by atoms with Crippen LogP contribution in [-0.2, 0) is 33.3 Å². The van der Waals surface area contributed by atoms with Crippen LogP contribution in [0.5, 0.6) is 0 Å². The summed E-state index contributed by atoms with van der Waals surface area (Å²) in [7, 11) is 0. The van der Waals surface area contributed by atoms with E-state index in [1.54, 1.807) is 32.1 Å². The van der Waals surface area contributed by atoms with Crippen molar-refractivity contribution in [3.05, 3.63) is 47.6 Å². The van der Waals surface area contributed by atoms with E-state index in [1.807, 2.05) is 0 Å². The maximum atomic E-state index is 13.0. The molecule has 0 aromatic heterocycles. The molecule has 3 aliphatic heterocycles. The summed E-state index contributed by atoms with van der Waals surface area (Å²) in [5.74, 6) is -1.08. The molecule has 2 bridgehead atoms. The van der Waals surface area contributed by atoms with Crippen molar-refractivity contribution in [2.24, 2.45) is 10.8 Å². The van der Waals surface area contributed by atoms with Gasteiger partial charge in [0.2, 0.25) is 0 Å². The topological polar surface area (TPSA) is 124 Å². The molecule has 9 unspecified atom stereocenters. The van der Waals surface area contributed by atoms with Gasteiger partial charge in [-0.3, -0.25) is 0 Å². The maximum Gasteiger partial charge on any atom is 0.331 e. The van der Waals surface area contributed by atoms with E-state index in [2.05, 4.69) is 19.9 Å². The highest BCUT2D eigenvalue weighted by atomic mass is 16.6. The average molecular weight is 531 g/mol. The van der Waals surface area contributed by atoms with Crippen LogP contribution >= 0.6 is 0 Å². The summed E-state index contributed by atoms with van der Waals surface area (Å²) in [6.45, 7) is 7.78. The Hall–Kier alpha value is -2.30. The van der Waals surface area contributed by atoms with Crippen LogP contribution in [0.15, 0.2) is 47.6 Å². The number of epoxide rings is 1. The Morgan fingerprint density at radius 3 is 2.58 bits per heavy atom. The normalized spacial score (nSPS) is 44.2. The fourth-order valence-electron chi connectivity index (χ4n) is 6.83. The third kappa shape index (κ3) is 4.38. The van der Waals surface area contributed by atoms with Crippen molar-refractivity contribution < 1.29 is 43.5 Å². The molecule has 2 N–H and O–H groups in total. The zero-order valence-electron chi connectivity index (χ0n) is 22.4. The molecule has 9 nitrogen and oxygen atoms in total. The number of aliphatic hydroxyl groups is 2. The highest BCUT2D eigenvalue weighted by molar-refractivity contribution is 5.83. The number of rotatable bonds is 1. The minimum absolute atomic E-state index is 0.0573. The summed E-state index contributed by atoms with van der Waals surface area (Å²) >= 11 is 0. The first-order valence-corrected chi connectivity index (χ1v) is 13.4. The van der Waals surface area contributed by atoms with E-state index >= 15 is 0 Å². The summed E-state index contributed by atoms with van der Waals surface area (Å²) < 4.78 is 30.3. The standard InChI is InChI=1S/C29H38O9/c1-17-9-10-28-15-35-26(33)12-18(2)20(31)14-34-21(19(3)30)7-5-6-8-25(32)38-22-13-24(37-23(28)11-17)29(16-36-29)27(22,28)4/h5-8,11-12,19-24,30-31H,9-10,13-16H2,1-4H3. The summed E-state index contributed by atoms with van der Waals surface area (Å²) in [5.41, 5.74) is -0.328. The van der Waals surface area contributed by atoms with Gasteiger partial charge in [0.25, 0.3) is 0 Å². The molecule has 2 spiro atoms. The first-order chi connectivity index (χ1) is 18.0. The van der Waals surface area contributed by atoms with E-state index in [4.69, 9.17) is 23.7 Å². The molecular formula is C29H38O9. The number of esters is 2. The maximum absolute atomic E-state index is 13.0. The lowest BCUT2D eigenvalue weighted by molar-refractivity contribution is -0.232. The van der Waals surface area contributed by atoms with E-state index in [0.717, 1.165) is 6.42 Å². The molecule has 2 saturated heterocycles. The lowest BCUT2D eigenvalue weighted by atomic mass is 9.51. The van der Waals surface area contributed by atoms with Gasteiger partial charge >= 0.3 is 11.9 Å². The highest BCUT2D eigenvalue weighted by Gasteiger charge is 2.83. The number of aliphatic hydroxyl groups excluding tert-OH is 2. The van der Waals surface area contributed by atoms with Gasteiger partial charge in [-0.05, 0) is 39.2 Å². The van der Waals surface area contributed by atoms with Crippen molar-refractivity contribution in [3.63, 3.8) is 0 Å². The van der Waals surface area contributed by atoms with Gasteiger partial charge in [-0.2, -0.15) is 0 Å². The lowest BCUT2D eigenvalue weighted by Gasteiger charge is -2.58. The van der Waals surface area contributed by atoms with Crippen LogP contribution in [0.3, 0.4) is 0 Å². The molecular weight excluding hydrogens is 492 g/mol. The van der Waals surface area contributed by atoms with E-state index in [0.29, 0.717) is 25.0 Å². The van der Waals surface area contributed by atoms with Crippen LogP contribution in [0.4, 0.5) is 0 Å². The number of carbonyl (C=O) groups is 2. The largest absolute Gasteiger partial charge is 0.462 e. The van der Waals surface area contributed by atoms with Crippen LogP contribution in [0, 0.1) is 10.8 Å². The Kier molecular flexibility index (Phi) is 7.19. The first kappa shape index (κ1) is 27.3. The first-order valence-electron chi connectivity index (χ1n) is 13.4. The van der Waals surface area contributed by atoms with E-state index in [9.17, 15) is 19.8 Å². The minimum atomic E-state index is -1.06. The van der Waals surface area contributed by atoms with Crippen LogP contribution < -0.4 is 0 Å². The fraction of sp³-hybridized carbons (Fsp3) is 0.655. The average Bonchev–Trinajstić information content (AvgIpc) is 3.64. The second kappa shape index (κ2) is 10.0. The molecule has 3 fully saturated rings. The fourth-order valence-corrected chi connectivity index (χ4v) is 6.83. The van der Waals surface area contributed by atoms with Crippen LogP contribution in [0.1, 0.15) is 47.0 Å². The quantitative estimate of drug-likeness (QED) is 0.299. The third-order valence-electron chi connectivity index (χ3n) is 9.39. The van der Waals surface area contributed by atoms with Crippen LogP contribution in [-0.4, -0.2) is 84.2 Å². The Morgan fingerprint density at radius 1 is 1.11 bits per heavy atom. The van der Waals surface area contributed by atoms with Crippen molar-refractivity contribution in [2.45, 2.75) is 89.2 Å². The molecule has 3 heterocycles. The predicted molar refractivity (Wildman–Crippen MR) is 136 cm³/mol. The Morgan fingerprint density at radius 2 is 1.87 bits per heavy atom. The Bertz CT molecular complexity index is 1080. The van der Waals surface area contributed by atoms with Gasteiger partial charge in [0.05, 0.1) is 43.0 Å². The number of hydrogen-bond acceptors (Lipinski definition) is 9. The van der Waals surface area contributed by atoms with Gasteiger partial charge in [0.15, 0.2) is 0 Å². The molecule has 208 valence electrons. The van der Waals surface area contributed by atoms with Gasteiger partial charge in [-0.25, -0.2) is 9.59 Å². The molecule has 1 saturated carbocycles. The summed E-state index contributed by atoms with van der Waals surface area (Å²) in [6.07, 6.45) is 7.74. The number of carbonyl (C=O) groups excluding carboxylic acids is 2. The van der Waals surface area contributed by atoms with Crippen molar-refractivity contribution in [3.8, 4) is 0 Å². The predicted octanol–water partition coefficient (Wildman–Crippen LogP) is 2.31. The van der Waals surface area contributed by atoms with E-state index in [-0.39, 0.29) is 25.4 Å². The molecule has 0 aromatic carbocycles. The van der Waals surface area contributed by atoms with Crippen LogP contribution in [0.25, 0.3) is 0 Å². The molecule has 5 rings (SSSR count). The Labute approximate surface area is 223 Å². The second-order valence-electron chi connectivity index (χ2n) is 11.6. The molecule has 2 aliphatic carbocycles. The summed E-state index contributed by atoms with van der Waals surface area (Å²) in [4.78, 5) is 25.9. The zero-order valence-corrected chi connectivity index (χ0v) is 22.4. The minimum Gasteiger partial charge on any atom is -0.462 e. The molecule has 9 heteroatoms. The molecule has 38 heavy (non-hydrogen) atoms. The van der Waals surface area contributed by atoms with Gasteiger partial charge < -0.3 is 33.9 Å². The van der Waals surface area contributed by atoms with Crippen molar-refractivity contribution in [2.75, 3.05) is 19.8 Å². The zero-order chi connectivity index (χ0) is 27.3. The Balaban J connectivity index is 1.52. The third-order valence-corrected chi connectivity index (χ3v) is 9.39. The van der Waals surface area contributed by atoms with Crippen molar-refractivity contribution in [1.29, 1.82) is 0 Å². The monoisotopic (exact) mass is 530 g/mol. The smallest absolute Gasteiger partial charge is 0.331 e. The second-order valence-corrected chi connectivity index (χ2v) is 11.6. The van der Waals surface area contributed by atoms with E-state index < -0.39 is 52.8 Å². The molecule has 5 aliphatic rings. The molecule has 0 radical (unpaired) electrons. The summed E-state index contributed by atoms with van der Waals surface area (Å²) in [5, 5.41) is 20.6. The number of hydrogen-bond donors (Lipinski definition) is 2. The summed E-state index contributed by atoms with van der Waals surface area (Å²) in [6, 6.07) is 0. The van der Waals surface area contributed by atoms with Gasteiger partial charge in [0.1, 0.15) is 24.4 Å². The number of allylic oxidation sites excluding steroid dienone is 3. The molecule has 9 atom stereocenters. The van der Waals surface area contributed by atoms with Crippen LogP contribution in [0.2, 0.25) is 0 Å². The van der Waals surface area contributed by atoms with E-state index in [1.165, 1.54) is 17.7 Å². The SMILES string of the molecule is CC1=CC2OC3CC4OC(=O)C=CC=CC(C(C)O)OCC(O)C(C)=CC(=O)OCC2(CC1)C4(C)C31CO1. The number of cyclic esters (lactones) is 1. The lowest BCUT2D eigenvalue weighted by Crippen LogP contribution is -2.66. The van der Waals surface area contributed by atoms with Gasteiger partial charge in [-0.1, -0.05) is 36.8 Å². The molecule has 0 amide bonds.